The van der Waals surface area contributed by atoms with Gasteiger partial charge in [0.2, 0.25) is 11.8 Å². The van der Waals surface area contributed by atoms with Gasteiger partial charge in [-0.15, -0.1) is 0 Å². The Bertz CT molecular complexity index is 1090. The number of nitrogens with zero attached hydrogens (tertiary/aromatic N) is 1. The highest BCUT2D eigenvalue weighted by Crippen LogP contribution is 2.70. The Balaban J connectivity index is 1.07. The molecule has 0 unspecified atom stereocenters. The van der Waals surface area contributed by atoms with Crippen LogP contribution in [0.5, 0.6) is 0 Å². The van der Waals surface area contributed by atoms with Gasteiger partial charge in [-0.05, 0) is 113 Å². The topological polar surface area (TPSA) is 99.8 Å². The van der Waals surface area contributed by atoms with E-state index >= 15 is 0 Å². The van der Waals surface area contributed by atoms with Crippen LogP contribution >= 0.6 is 0 Å². The number of amides is 2. The lowest BCUT2D eigenvalue weighted by Crippen LogP contribution is -2.60. The number of fused-ring (bicyclic) bond motifs is 7. The van der Waals surface area contributed by atoms with Gasteiger partial charge in [0.25, 0.3) is 0 Å². The second kappa shape index (κ2) is 11.7. The fraction of sp³-hybridized carbons (Fsp3) is 0.914. The van der Waals surface area contributed by atoms with Crippen LogP contribution in [-0.4, -0.2) is 74.1 Å². The maximum Gasteiger partial charge on any atom is 0.229 e. The highest BCUT2D eigenvalue weighted by molar-refractivity contribution is 5.97. The van der Waals surface area contributed by atoms with Crippen LogP contribution in [0, 0.1) is 52.3 Å². The fourth-order valence-electron chi connectivity index (χ4n) is 11.4. The lowest BCUT2D eigenvalue weighted by Gasteiger charge is -2.60. The average Bonchev–Trinajstić information content (AvgIpc) is 3.40. The number of rotatable bonds is 7. The molecule has 2 saturated heterocycles. The van der Waals surface area contributed by atoms with Gasteiger partial charge in [-0.2, -0.15) is 0 Å². The van der Waals surface area contributed by atoms with Crippen molar-refractivity contribution in [1.29, 1.82) is 0 Å². The van der Waals surface area contributed by atoms with Crippen LogP contribution in [0.25, 0.3) is 0 Å². The summed E-state index contributed by atoms with van der Waals surface area (Å²) < 4.78 is 6.97. The van der Waals surface area contributed by atoms with Crippen LogP contribution < -0.4 is 16.0 Å². The second-order valence-electron chi connectivity index (χ2n) is 16.4. The van der Waals surface area contributed by atoms with Gasteiger partial charge in [-0.25, -0.2) is 0 Å². The Morgan fingerprint density at radius 3 is 2.53 bits per heavy atom. The van der Waals surface area contributed by atoms with E-state index in [1.54, 1.807) is 0 Å². The molecule has 8 heteroatoms. The van der Waals surface area contributed by atoms with Gasteiger partial charge in [0.15, 0.2) is 0 Å². The summed E-state index contributed by atoms with van der Waals surface area (Å²) >= 11 is 0. The monoisotopic (exact) mass is 598 g/mol. The number of ether oxygens (including phenoxy) is 1. The summed E-state index contributed by atoms with van der Waals surface area (Å²) in [7, 11) is 4.02. The van der Waals surface area contributed by atoms with Crippen molar-refractivity contribution < 1.29 is 19.1 Å². The summed E-state index contributed by atoms with van der Waals surface area (Å²) in [6.07, 6.45) is 10.3. The van der Waals surface area contributed by atoms with Crippen molar-refractivity contribution in [2.24, 2.45) is 52.3 Å². The molecule has 0 aromatic rings. The number of hydrogen-bond donors (Lipinski definition) is 3. The van der Waals surface area contributed by atoms with Crippen LogP contribution in [0.4, 0.5) is 0 Å². The predicted octanol–water partition coefficient (Wildman–Crippen LogP) is 4.13. The molecule has 0 radical (unpaired) electrons. The van der Waals surface area contributed by atoms with E-state index in [1.165, 1.54) is 19.3 Å². The van der Waals surface area contributed by atoms with E-state index in [2.05, 4.69) is 48.5 Å². The minimum Gasteiger partial charge on any atom is -0.357 e. The van der Waals surface area contributed by atoms with Crippen molar-refractivity contribution in [1.82, 2.24) is 20.9 Å². The smallest absolute Gasteiger partial charge is 0.229 e. The molecule has 6 fully saturated rings. The highest BCUT2D eigenvalue weighted by Gasteiger charge is 2.71. The zero-order valence-corrected chi connectivity index (χ0v) is 27.7. The lowest BCUT2D eigenvalue weighted by atomic mass is 9.44. The molecule has 2 amide bonds. The summed E-state index contributed by atoms with van der Waals surface area (Å²) in [5.74, 6) is 3.44. The maximum absolute atomic E-state index is 14.3. The second-order valence-corrected chi connectivity index (χ2v) is 16.4. The molecule has 2 aliphatic heterocycles. The van der Waals surface area contributed by atoms with Crippen molar-refractivity contribution in [3.63, 3.8) is 0 Å². The van der Waals surface area contributed by atoms with Crippen LogP contribution in [0.2, 0.25) is 0 Å². The molecule has 0 bridgehead atoms. The molecule has 2 heterocycles. The van der Waals surface area contributed by atoms with Crippen molar-refractivity contribution >= 4 is 17.6 Å². The number of hydrogen-bond acceptors (Lipinski definition) is 6. The first-order valence-electron chi connectivity index (χ1n) is 17.5. The van der Waals surface area contributed by atoms with Crippen LogP contribution in [0.15, 0.2) is 0 Å². The molecular formula is C35H58N4O4. The molecule has 242 valence electrons. The third kappa shape index (κ3) is 5.39. The van der Waals surface area contributed by atoms with E-state index in [9.17, 15) is 14.4 Å². The van der Waals surface area contributed by atoms with Gasteiger partial charge < -0.3 is 20.3 Å². The highest BCUT2D eigenvalue weighted by atomic mass is 16.5. The summed E-state index contributed by atoms with van der Waals surface area (Å²) in [4.78, 5) is 41.5. The van der Waals surface area contributed by atoms with Gasteiger partial charge in [0.1, 0.15) is 17.9 Å². The van der Waals surface area contributed by atoms with Gasteiger partial charge in [0, 0.05) is 42.8 Å². The molecule has 0 aromatic carbocycles. The van der Waals surface area contributed by atoms with Gasteiger partial charge in [-0.1, -0.05) is 27.7 Å². The largest absolute Gasteiger partial charge is 0.357 e. The molecule has 0 aromatic heterocycles. The maximum atomic E-state index is 14.3. The molecule has 6 aliphatic rings. The number of nitrogens with one attached hydrogen (secondary N) is 3. The third-order valence-corrected chi connectivity index (χ3v) is 13.8. The first-order valence-corrected chi connectivity index (χ1v) is 17.5. The van der Waals surface area contributed by atoms with Crippen LogP contribution in [-0.2, 0) is 19.1 Å². The van der Waals surface area contributed by atoms with E-state index in [4.69, 9.17) is 4.74 Å². The summed E-state index contributed by atoms with van der Waals surface area (Å²) in [6.45, 7) is 12.0. The molecule has 3 N–H and O–H groups in total. The minimum absolute atomic E-state index is 0.0987. The summed E-state index contributed by atoms with van der Waals surface area (Å²) in [5, 5.41) is 9.88. The van der Waals surface area contributed by atoms with Gasteiger partial charge in [-0.3, -0.25) is 19.7 Å². The Morgan fingerprint density at radius 1 is 1.02 bits per heavy atom. The fourth-order valence-corrected chi connectivity index (χ4v) is 11.4. The molecule has 12 atom stereocenters. The van der Waals surface area contributed by atoms with Crippen molar-refractivity contribution in [2.75, 3.05) is 33.7 Å². The number of ketones is 1. The molecule has 4 saturated carbocycles. The van der Waals surface area contributed by atoms with E-state index < -0.39 is 0 Å². The van der Waals surface area contributed by atoms with Crippen molar-refractivity contribution in [3.05, 3.63) is 0 Å². The number of piperidine rings is 1. The number of Topliss-reactive ketones (excluding diaryl/α,β-unsaturated/α-hetero) is 1. The van der Waals surface area contributed by atoms with E-state index in [-0.39, 0.29) is 46.9 Å². The molecule has 1 spiro atoms. The normalized spacial score (nSPS) is 47.0. The first kappa shape index (κ1) is 31.5. The van der Waals surface area contributed by atoms with Crippen LogP contribution in [0.3, 0.4) is 0 Å². The van der Waals surface area contributed by atoms with E-state index in [0.717, 1.165) is 51.6 Å². The average molecular weight is 599 g/mol. The molecule has 43 heavy (non-hydrogen) atoms. The van der Waals surface area contributed by atoms with Gasteiger partial charge in [0.05, 0.1) is 6.10 Å². The SMILES string of the molecule is C[C@@H]1CC[C@@]2(NC1)O[C@H]1C[C@H]3[C@@H]4CC[C@H]5C[C@@H](NC(=O)CC(=O)NCCCN(C)C)CC[C@]5(C)[C@H]4CC(=O)[C@]3(C)[C@H]1[C@@H]2C. The molecule has 8 nitrogen and oxygen atoms in total. The van der Waals surface area contributed by atoms with Crippen molar-refractivity contribution in [2.45, 2.75) is 116 Å². The Labute approximate surface area is 259 Å². The first-order chi connectivity index (χ1) is 20.4. The lowest BCUT2D eigenvalue weighted by molar-refractivity contribution is -0.160. The summed E-state index contributed by atoms with van der Waals surface area (Å²) in [5.41, 5.74) is -0.384. The summed E-state index contributed by atoms with van der Waals surface area (Å²) in [6, 6.07) is 0.121. The predicted molar refractivity (Wildman–Crippen MR) is 167 cm³/mol. The number of carbonyl (C=O) groups excluding carboxylic acids is 3. The molecule has 6 rings (SSSR count). The van der Waals surface area contributed by atoms with E-state index in [0.29, 0.717) is 60.2 Å². The number of carbonyl (C=O) groups is 3. The van der Waals surface area contributed by atoms with E-state index in [1.807, 2.05) is 14.1 Å². The Hall–Kier alpha value is -1.51. The Morgan fingerprint density at radius 2 is 1.81 bits per heavy atom. The molecule has 4 aliphatic carbocycles. The minimum atomic E-state index is -0.277. The van der Waals surface area contributed by atoms with Crippen LogP contribution in [0.1, 0.15) is 98.3 Å². The standard InChI is InChI=1S/C35H58N4O4/c1-21-10-13-35(37-20-21)22(2)32-28(43-35)17-27-25-9-8-23-16-24(38-31(42)19-30(41)36-14-7-15-39(5)6)11-12-33(23,3)26(25)18-29(40)34(27,32)4/h21-28,32,37H,7-20H2,1-6H3,(H,36,41)(H,38,42)/t21-,22+,23+,24+,25-,26+,27+,28+,32+,33+,34-,35-/m1/s1. The Kier molecular flexibility index (Phi) is 8.56. The zero-order chi connectivity index (χ0) is 30.7. The molecular weight excluding hydrogens is 540 g/mol. The quantitative estimate of drug-likeness (QED) is 0.301. The van der Waals surface area contributed by atoms with Gasteiger partial charge >= 0.3 is 0 Å². The third-order valence-electron chi connectivity index (χ3n) is 13.8. The zero-order valence-electron chi connectivity index (χ0n) is 27.7. The van der Waals surface area contributed by atoms with Crippen molar-refractivity contribution in [3.8, 4) is 0 Å².